The standard InChI is InChI=1S/C13H18N2O2/c14-8-9-4-3-7-11(9)17-12-6-2-1-5-10(12)13(15)16/h1-2,5-6,9,11H,3-4,7-8,14H2,(H2,15,16). The Morgan fingerprint density at radius 3 is 2.82 bits per heavy atom. The van der Waals surface area contributed by atoms with E-state index in [0.717, 1.165) is 19.3 Å². The summed E-state index contributed by atoms with van der Waals surface area (Å²) >= 11 is 0. The number of rotatable bonds is 4. The Bertz CT molecular complexity index is 406. The maximum atomic E-state index is 11.3. The Morgan fingerprint density at radius 1 is 1.35 bits per heavy atom. The zero-order valence-corrected chi connectivity index (χ0v) is 9.76. The fourth-order valence-electron chi connectivity index (χ4n) is 2.36. The third-order valence-corrected chi connectivity index (χ3v) is 3.32. The van der Waals surface area contributed by atoms with E-state index in [0.29, 0.717) is 23.8 Å². The summed E-state index contributed by atoms with van der Waals surface area (Å²) < 4.78 is 5.89. The summed E-state index contributed by atoms with van der Waals surface area (Å²) in [6.45, 7) is 0.628. The molecule has 0 radical (unpaired) electrons. The van der Waals surface area contributed by atoms with E-state index in [2.05, 4.69) is 0 Å². The van der Waals surface area contributed by atoms with Crippen molar-refractivity contribution in [3.05, 3.63) is 29.8 Å². The van der Waals surface area contributed by atoms with Crippen molar-refractivity contribution < 1.29 is 9.53 Å². The van der Waals surface area contributed by atoms with Crippen LogP contribution in [0.5, 0.6) is 5.75 Å². The molecule has 2 rings (SSSR count). The second kappa shape index (κ2) is 5.19. The molecule has 1 aliphatic carbocycles. The van der Waals surface area contributed by atoms with Gasteiger partial charge in [0.15, 0.2) is 0 Å². The molecule has 2 unspecified atom stereocenters. The number of amides is 1. The van der Waals surface area contributed by atoms with Gasteiger partial charge in [-0.3, -0.25) is 4.79 Å². The highest BCUT2D eigenvalue weighted by Gasteiger charge is 2.28. The normalized spacial score (nSPS) is 23.6. The first-order chi connectivity index (χ1) is 8.22. The molecule has 4 heteroatoms. The molecule has 0 heterocycles. The molecule has 0 spiro atoms. The molecule has 0 bridgehead atoms. The fourth-order valence-corrected chi connectivity index (χ4v) is 2.36. The number of primary amides is 1. The van der Waals surface area contributed by atoms with Gasteiger partial charge in [0.25, 0.3) is 5.91 Å². The smallest absolute Gasteiger partial charge is 0.252 e. The molecule has 1 amide bonds. The van der Waals surface area contributed by atoms with Gasteiger partial charge in [-0.05, 0) is 37.9 Å². The lowest BCUT2D eigenvalue weighted by molar-refractivity contribution is 0.0989. The molecule has 0 aliphatic heterocycles. The van der Waals surface area contributed by atoms with Crippen LogP contribution in [0.1, 0.15) is 29.6 Å². The zero-order chi connectivity index (χ0) is 12.3. The van der Waals surface area contributed by atoms with Crippen molar-refractivity contribution in [3.63, 3.8) is 0 Å². The number of carbonyl (C=O) groups excluding carboxylic acids is 1. The van der Waals surface area contributed by atoms with Crippen molar-refractivity contribution in [2.75, 3.05) is 6.54 Å². The minimum Gasteiger partial charge on any atom is -0.489 e. The molecule has 92 valence electrons. The quantitative estimate of drug-likeness (QED) is 0.824. The van der Waals surface area contributed by atoms with Crippen LogP contribution >= 0.6 is 0 Å². The maximum absolute atomic E-state index is 11.3. The second-order valence-corrected chi connectivity index (χ2v) is 4.44. The molecular weight excluding hydrogens is 216 g/mol. The zero-order valence-electron chi connectivity index (χ0n) is 9.76. The molecule has 1 aromatic rings. The van der Waals surface area contributed by atoms with E-state index in [4.69, 9.17) is 16.2 Å². The monoisotopic (exact) mass is 234 g/mol. The highest BCUT2D eigenvalue weighted by atomic mass is 16.5. The highest BCUT2D eigenvalue weighted by molar-refractivity contribution is 5.95. The minimum atomic E-state index is -0.456. The molecule has 1 fully saturated rings. The van der Waals surface area contributed by atoms with Gasteiger partial charge in [-0.15, -0.1) is 0 Å². The van der Waals surface area contributed by atoms with E-state index in [1.165, 1.54) is 0 Å². The minimum absolute atomic E-state index is 0.112. The first-order valence-electron chi connectivity index (χ1n) is 5.98. The summed E-state index contributed by atoms with van der Waals surface area (Å²) in [5.74, 6) is 0.504. The summed E-state index contributed by atoms with van der Waals surface area (Å²) in [6.07, 6.45) is 3.33. The van der Waals surface area contributed by atoms with Crippen LogP contribution in [0.4, 0.5) is 0 Å². The lowest BCUT2D eigenvalue weighted by atomic mass is 10.1. The molecule has 4 N–H and O–H groups in total. The number of benzene rings is 1. The van der Waals surface area contributed by atoms with Crippen molar-refractivity contribution in [1.29, 1.82) is 0 Å². The highest BCUT2D eigenvalue weighted by Crippen LogP contribution is 2.30. The lowest BCUT2D eigenvalue weighted by Gasteiger charge is -2.21. The number of hydrogen-bond acceptors (Lipinski definition) is 3. The average Bonchev–Trinajstić information content (AvgIpc) is 2.77. The largest absolute Gasteiger partial charge is 0.489 e. The van der Waals surface area contributed by atoms with Crippen LogP contribution in [0.15, 0.2) is 24.3 Å². The molecular formula is C13H18N2O2. The summed E-state index contributed by atoms with van der Waals surface area (Å²) in [5.41, 5.74) is 11.5. The summed E-state index contributed by atoms with van der Waals surface area (Å²) in [5, 5.41) is 0. The van der Waals surface area contributed by atoms with Crippen LogP contribution < -0.4 is 16.2 Å². The molecule has 17 heavy (non-hydrogen) atoms. The van der Waals surface area contributed by atoms with Gasteiger partial charge < -0.3 is 16.2 Å². The van der Waals surface area contributed by atoms with Gasteiger partial charge in [0.1, 0.15) is 11.9 Å². The van der Waals surface area contributed by atoms with E-state index < -0.39 is 5.91 Å². The molecule has 0 saturated heterocycles. The van der Waals surface area contributed by atoms with E-state index >= 15 is 0 Å². The van der Waals surface area contributed by atoms with Gasteiger partial charge in [0.05, 0.1) is 5.56 Å². The van der Waals surface area contributed by atoms with Crippen molar-refractivity contribution in [2.24, 2.45) is 17.4 Å². The van der Waals surface area contributed by atoms with Gasteiger partial charge in [0.2, 0.25) is 0 Å². The Labute approximate surface area is 101 Å². The lowest BCUT2D eigenvalue weighted by Crippen LogP contribution is -2.28. The molecule has 0 aromatic heterocycles. The number of hydrogen-bond donors (Lipinski definition) is 2. The fraction of sp³-hybridized carbons (Fsp3) is 0.462. The summed E-state index contributed by atoms with van der Waals surface area (Å²) in [7, 11) is 0. The number of para-hydroxylation sites is 1. The third-order valence-electron chi connectivity index (χ3n) is 3.32. The molecule has 4 nitrogen and oxygen atoms in total. The Balaban J connectivity index is 2.15. The Hall–Kier alpha value is -1.55. The molecule has 1 aliphatic rings. The van der Waals surface area contributed by atoms with Crippen LogP contribution in [0.3, 0.4) is 0 Å². The van der Waals surface area contributed by atoms with Gasteiger partial charge in [-0.2, -0.15) is 0 Å². The number of carbonyl (C=O) groups is 1. The molecule has 1 aromatic carbocycles. The topological polar surface area (TPSA) is 78.3 Å². The summed E-state index contributed by atoms with van der Waals surface area (Å²) in [6, 6.07) is 7.09. The maximum Gasteiger partial charge on any atom is 0.252 e. The first kappa shape index (κ1) is 11.9. The SMILES string of the molecule is NCC1CCCC1Oc1ccccc1C(N)=O. The van der Waals surface area contributed by atoms with Crippen LogP contribution in [-0.4, -0.2) is 18.6 Å². The van der Waals surface area contributed by atoms with Gasteiger partial charge in [-0.25, -0.2) is 0 Å². The van der Waals surface area contributed by atoms with Crippen LogP contribution in [0.2, 0.25) is 0 Å². The first-order valence-corrected chi connectivity index (χ1v) is 5.98. The van der Waals surface area contributed by atoms with Crippen LogP contribution in [-0.2, 0) is 0 Å². The third kappa shape index (κ3) is 2.58. The number of ether oxygens (including phenoxy) is 1. The van der Waals surface area contributed by atoms with E-state index in [-0.39, 0.29) is 6.10 Å². The van der Waals surface area contributed by atoms with E-state index in [1.54, 1.807) is 18.2 Å². The van der Waals surface area contributed by atoms with E-state index in [9.17, 15) is 4.79 Å². The Kier molecular flexibility index (Phi) is 3.64. The van der Waals surface area contributed by atoms with Gasteiger partial charge >= 0.3 is 0 Å². The van der Waals surface area contributed by atoms with Crippen molar-refractivity contribution in [2.45, 2.75) is 25.4 Å². The van der Waals surface area contributed by atoms with Gasteiger partial charge in [0, 0.05) is 5.92 Å². The summed E-state index contributed by atoms with van der Waals surface area (Å²) in [4.78, 5) is 11.3. The predicted octanol–water partition coefficient (Wildman–Crippen LogP) is 1.29. The van der Waals surface area contributed by atoms with E-state index in [1.807, 2.05) is 6.07 Å². The van der Waals surface area contributed by atoms with Crippen LogP contribution in [0.25, 0.3) is 0 Å². The van der Waals surface area contributed by atoms with Gasteiger partial charge in [-0.1, -0.05) is 12.1 Å². The number of nitrogens with two attached hydrogens (primary N) is 2. The molecule has 2 atom stereocenters. The van der Waals surface area contributed by atoms with Crippen molar-refractivity contribution in [1.82, 2.24) is 0 Å². The van der Waals surface area contributed by atoms with Crippen molar-refractivity contribution in [3.8, 4) is 5.75 Å². The van der Waals surface area contributed by atoms with Crippen molar-refractivity contribution >= 4 is 5.91 Å². The molecule has 1 saturated carbocycles. The average molecular weight is 234 g/mol. The van der Waals surface area contributed by atoms with Crippen LogP contribution in [0, 0.1) is 5.92 Å². The predicted molar refractivity (Wildman–Crippen MR) is 65.8 cm³/mol. The Morgan fingerprint density at radius 2 is 2.12 bits per heavy atom. The second-order valence-electron chi connectivity index (χ2n) is 4.44.